The summed E-state index contributed by atoms with van der Waals surface area (Å²) in [6.45, 7) is 1.98. The van der Waals surface area contributed by atoms with Crippen LogP contribution in [0.25, 0.3) is 0 Å². The molecule has 0 saturated carbocycles. The third-order valence-corrected chi connectivity index (χ3v) is 3.52. The van der Waals surface area contributed by atoms with Crippen molar-refractivity contribution in [3.05, 3.63) is 29.8 Å². The van der Waals surface area contributed by atoms with Crippen molar-refractivity contribution in [2.75, 3.05) is 24.3 Å². The lowest BCUT2D eigenvalue weighted by molar-refractivity contribution is 0.600. The quantitative estimate of drug-likeness (QED) is 0.523. The van der Waals surface area contributed by atoms with Crippen LogP contribution in [0.3, 0.4) is 0 Å². The maximum absolute atomic E-state index is 5.87. The van der Waals surface area contributed by atoms with E-state index in [9.17, 15) is 0 Å². The van der Waals surface area contributed by atoms with Gasteiger partial charge in [-0.1, -0.05) is 31.0 Å². The molecular formula is C14H24N2S. The van der Waals surface area contributed by atoms with Crippen LogP contribution in [0.4, 0.5) is 5.69 Å². The number of thioether (sulfide) groups is 1. The molecule has 0 fully saturated rings. The molecule has 0 heterocycles. The van der Waals surface area contributed by atoms with Gasteiger partial charge in [0.15, 0.2) is 0 Å². The maximum atomic E-state index is 5.87. The second-order valence-corrected chi connectivity index (χ2v) is 5.27. The molecule has 0 amide bonds. The van der Waals surface area contributed by atoms with E-state index >= 15 is 0 Å². The fourth-order valence-electron chi connectivity index (χ4n) is 1.77. The SMILES string of the molecule is CSCCCCCCNCc1ccccc1N. The van der Waals surface area contributed by atoms with Crippen LogP contribution in [0.15, 0.2) is 24.3 Å². The summed E-state index contributed by atoms with van der Waals surface area (Å²) in [7, 11) is 0. The van der Waals surface area contributed by atoms with E-state index in [2.05, 4.69) is 17.6 Å². The number of nitrogen functional groups attached to an aromatic ring is 1. The number of hydrogen-bond donors (Lipinski definition) is 2. The molecule has 0 aromatic heterocycles. The Hall–Kier alpha value is -0.670. The monoisotopic (exact) mass is 252 g/mol. The number of nitrogens with one attached hydrogen (secondary N) is 1. The van der Waals surface area contributed by atoms with Gasteiger partial charge in [0, 0.05) is 12.2 Å². The topological polar surface area (TPSA) is 38.0 Å². The van der Waals surface area contributed by atoms with Gasteiger partial charge in [0.05, 0.1) is 0 Å². The smallest absolute Gasteiger partial charge is 0.0359 e. The lowest BCUT2D eigenvalue weighted by Crippen LogP contribution is -2.15. The third-order valence-electron chi connectivity index (χ3n) is 2.82. The normalized spacial score (nSPS) is 10.6. The first-order chi connectivity index (χ1) is 8.34. The molecule has 3 heteroatoms. The van der Waals surface area contributed by atoms with Gasteiger partial charge in [-0.3, -0.25) is 0 Å². The molecule has 96 valence electrons. The summed E-state index contributed by atoms with van der Waals surface area (Å²) in [4.78, 5) is 0. The van der Waals surface area contributed by atoms with Gasteiger partial charge in [-0.2, -0.15) is 11.8 Å². The van der Waals surface area contributed by atoms with Crippen molar-refractivity contribution in [3.8, 4) is 0 Å². The first kappa shape index (κ1) is 14.4. The standard InChI is InChI=1S/C14H24N2S/c1-17-11-7-3-2-6-10-16-12-13-8-4-5-9-14(13)15/h4-5,8-9,16H,2-3,6-7,10-12,15H2,1H3. The van der Waals surface area contributed by atoms with Crippen molar-refractivity contribution in [2.24, 2.45) is 0 Å². The zero-order valence-electron chi connectivity index (χ0n) is 10.7. The molecule has 3 N–H and O–H groups in total. The number of para-hydroxylation sites is 1. The van der Waals surface area contributed by atoms with Gasteiger partial charge >= 0.3 is 0 Å². The number of anilines is 1. The van der Waals surface area contributed by atoms with Gasteiger partial charge in [0.2, 0.25) is 0 Å². The van der Waals surface area contributed by atoms with E-state index in [0.717, 1.165) is 18.8 Å². The van der Waals surface area contributed by atoms with Gasteiger partial charge in [-0.05, 0) is 43.0 Å². The van der Waals surface area contributed by atoms with Crippen molar-refractivity contribution in [3.63, 3.8) is 0 Å². The van der Waals surface area contributed by atoms with E-state index in [1.807, 2.05) is 30.0 Å². The highest BCUT2D eigenvalue weighted by Crippen LogP contribution is 2.09. The zero-order valence-corrected chi connectivity index (χ0v) is 11.6. The fraction of sp³-hybridized carbons (Fsp3) is 0.571. The fourth-order valence-corrected chi connectivity index (χ4v) is 2.26. The van der Waals surface area contributed by atoms with Crippen LogP contribution < -0.4 is 11.1 Å². The Morgan fingerprint density at radius 1 is 1.12 bits per heavy atom. The zero-order chi connectivity index (χ0) is 12.3. The summed E-state index contributed by atoms with van der Waals surface area (Å²) >= 11 is 1.94. The van der Waals surface area contributed by atoms with Crippen LogP contribution in [0.1, 0.15) is 31.2 Å². The molecule has 2 nitrogen and oxygen atoms in total. The average Bonchev–Trinajstić information content (AvgIpc) is 2.35. The molecule has 17 heavy (non-hydrogen) atoms. The van der Waals surface area contributed by atoms with Crippen LogP contribution in [0, 0.1) is 0 Å². The molecule has 0 aliphatic rings. The minimum atomic E-state index is 0.886. The highest BCUT2D eigenvalue weighted by molar-refractivity contribution is 7.98. The van der Waals surface area contributed by atoms with Crippen LogP contribution in [-0.2, 0) is 6.54 Å². The maximum Gasteiger partial charge on any atom is 0.0359 e. The molecule has 0 spiro atoms. The molecule has 0 radical (unpaired) electrons. The van der Waals surface area contributed by atoms with Crippen molar-refractivity contribution >= 4 is 17.4 Å². The van der Waals surface area contributed by atoms with Crippen molar-refractivity contribution in [1.29, 1.82) is 0 Å². The number of unbranched alkanes of at least 4 members (excludes halogenated alkanes) is 3. The molecule has 0 unspecified atom stereocenters. The molecule has 1 rings (SSSR count). The predicted molar refractivity (Wildman–Crippen MR) is 79.4 cm³/mol. The minimum Gasteiger partial charge on any atom is -0.398 e. The summed E-state index contributed by atoms with van der Waals surface area (Å²) in [6, 6.07) is 8.06. The van der Waals surface area contributed by atoms with Gasteiger partial charge in [-0.25, -0.2) is 0 Å². The number of nitrogens with two attached hydrogens (primary N) is 1. The molecule has 0 aliphatic heterocycles. The summed E-state index contributed by atoms with van der Waals surface area (Å²) in [5.74, 6) is 1.30. The van der Waals surface area contributed by atoms with Gasteiger partial charge in [-0.15, -0.1) is 0 Å². The highest BCUT2D eigenvalue weighted by Gasteiger charge is 1.96. The Bertz CT molecular complexity index is 302. The van der Waals surface area contributed by atoms with Crippen molar-refractivity contribution in [1.82, 2.24) is 5.32 Å². The summed E-state index contributed by atoms with van der Waals surface area (Å²) < 4.78 is 0. The molecule has 0 atom stereocenters. The second-order valence-electron chi connectivity index (χ2n) is 4.28. The molecule has 1 aromatic rings. The number of benzene rings is 1. The van der Waals surface area contributed by atoms with Gasteiger partial charge < -0.3 is 11.1 Å². The van der Waals surface area contributed by atoms with Gasteiger partial charge in [0.1, 0.15) is 0 Å². The largest absolute Gasteiger partial charge is 0.398 e. The molecule has 0 aliphatic carbocycles. The first-order valence-electron chi connectivity index (χ1n) is 6.37. The van der Waals surface area contributed by atoms with Crippen LogP contribution >= 0.6 is 11.8 Å². The molecule has 0 bridgehead atoms. The first-order valence-corrected chi connectivity index (χ1v) is 7.77. The Morgan fingerprint density at radius 3 is 2.65 bits per heavy atom. The van der Waals surface area contributed by atoms with Crippen molar-refractivity contribution < 1.29 is 0 Å². The van der Waals surface area contributed by atoms with E-state index in [1.54, 1.807) is 0 Å². The number of hydrogen-bond acceptors (Lipinski definition) is 3. The average molecular weight is 252 g/mol. The van der Waals surface area contributed by atoms with Crippen LogP contribution in [0.2, 0.25) is 0 Å². The molecular weight excluding hydrogens is 228 g/mol. The van der Waals surface area contributed by atoms with Crippen LogP contribution in [0.5, 0.6) is 0 Å². The second kappa shape index (κ2) is 9.37. The Morgan fingerprint density at radius 2 is 1.88 bits per heavy atom. The highest BCUT2D eigenvalue weighted by atomic mass is 32.2. The Kier molecular flexibility index (Phi) is 7.93. The third kappa shape index (κ3) is 6.59. The van der Waals surface area contributed by atoms with E-state index in [-0.39, 0.29) is 0 Å². The molecule has 0 saturated heterocycles. The van der Waals surface area contributed by atoms with E-state index in [1.165, 1.54) is 37.0 Å². The van der Waals surface area contributed by atoms with E-state index in [0.29, 0.717) is 0 Å². The summed E-state index contributed by atoms with van der Waals surface area (Å²) in [5, 5.41) is 3.45. The van der Waals surface area contributed by atoms with E-state index in [4.69, 9.17) is 5.73 Å². The number of rotatable bonds is 9. The predicted octanol–water partition coefficient (Wildman–Crippen LogP) is 3.28. The minimum absolute atomic E-state index is 0.886. The summed E-state index contributed by atoms with van der Waals surface area (Å²) in [5.41, 5.74) is 7.97. The van der Waals surface area contributed by atoms with E-state index < -0.39 is 0 Å². The summed E-state index contributed by atoms with van der Waals surface area (Å²) in [6.07, 6.45) is 7.48. The van der Waals surface area contributed by atoms with Gasteiger partial charge in [0.25, 0.3) is 0 Å². The lowest BCUT2D eigenvalue weighted by Gasteiger charge is -2.07. The van der Waals surface area contributed by atoms with Crippen molar-refractivity contribution in [2.45, 2.75) is 32.2 Å². The lowest BCUT2D eigenvalue weighted by atomic mass is 10.1. The molecule has 1 aromatic carbocycles. The Balaban J connectivity index is 1.99. The Labute approximate surface area is 109 Å². The van der Waals surface area contributed by atoms with Crippen LogP contribution in [-0.4, -0.2) is 18.6 Å².